The molecule has 0 spiro atoms. The van der Waals surface area contributed by atoms with Gasteiger partial charge >= 0.3 is 0 Å². The molecule has 0 aromatic carbocycles. The third kappa shape index (κ3) is 2.02. The first kappa shape index (κ1) is 11.6. The van der Waals surface area contributed by atoms with E-state index in [2.05, 4.69) is 11.9 Å². The van der Waals surface area contributed by atoms with Crippen LogP contribution in [0.15, 0.2) is 0 Å². The van der Waals surface area contributed by atoms with E-state index in [1.54, 1.807) is 4.88 Å². The summed E-state index contributed by atoms with van der Waals surface area (Å²) in [5.74, 6) is 0. The van der Waals surface area contributed by atoms with Crippen LogP contribution in [0.2, 0.25) is 0 Å². The summed E-state index contributed by atoms with van der Waals surface area (Å²) in [6, 6.07) is 1.43. The number of thiazole rings is 1. The molecule has 0 radical (unpaired) electrons. The number of aromatic nitrogens is 1. The summed E-state index contributed by atoms with van der Waals surface area (Å²) in [6.07, 6.45) is 7.29. The van der Waals surface area contributed by atoms with Gasteiger partial charge in [-0.05, 0) is 45.7 Å². The van der Waals surface area contributed by atoms with Gasteiger partial charge in [0.2, 0.25) is 0 Å². The topological polar surface area (TPSA) is 42.1 Å². The van der Waals surface area contributed by atoms with Crippen LogP contribution in [0.3, 0.4) is 0 Å². The van der Waals surface area contributed by atoms with Crippen molar-refractivity contribution in [1.82, 2.24) is 9.88 Å². The molecule has 94 valence electrons. The molecule has 17 heavy (non-hydrogen) atoms. The molecule has 2 atom stereocenters. The summed E-state index contributed by atoms with van der Waals surface area (Å²) in [5, 5.41) is 1.34. The summed E-state index contributed by atoms with van der Waals surface area (Å²) in [6.45, 7) is 0.804. The predicted octanol–water partition coefficient (Wildman–Crippen LogP) is 2.12. The zero-order valence-corrected chi connectivity index (χ0v) is 11.3. The van der Waals surface area contributed by atoms with Gasteiger partial charge in [-0.15, -0.1) is 11.3 Å². The number of nitrogens with two attached hydrogens (primary N) is 1. The van der Waals surface area contributed by atoms with Crippen LogP contribution in [0.25, 0.3) is 0 Å². The molecule has 2 N–H and O–H groups in total. The predicted molar refractivity (Wildman–Crippen MR) is 71.3 cm³/mol. The smallest absolute Gasteiger partial charge is 0.0931 e. The van der Waals surface area contributed by atoms with Crippen molar-refractivity contribution in [2.24, 2.45) is 5.73 Å². The van der Waals surface area contributed by atoms with Crippen molar-refractivity contribution < 1.29 is 0 Å². The molecule has 2 aliphatic heterocycles. The van der Waals surface area contributed by atoms with Gasteiger partial charge in [0, 0.05) is 23.4 Å². The van der Waals surface area contributed by atoms with E-state index in [9.17, 15) is 0 Å². The molecule has 3 nitrogen and oxygen atoms in total. The highest BCUT2D eigenvalue weighted by Gasteiger charge is 2.39. The quantitative estimate of drug-likeness (QED) is 0.833. The Hall–Kier alpha value is -0.450. The van der Waals surface area contributed by atoms with Crippen molar-refractivity contribution in [3.05, 3.63) is 15.6 Å². The zero-order valence-electron chi connectivity index (χ0n) is 10.5. The number of aryl methyl sites for hydroxylation is 1. The lowest BCUT2D eigenvalue weighted by Gasteiger charge is -2.29. The SMILES string of the molecule is CN1C2CCC1c1sc(CCCCN)nc1C2. The monoisotopic (exact) mass is 251 g/mol. The average Bonchev–Trinajstić information content (AvgIpc) is 2.81. The lowest BCUT2D eigenvalue weighted by atomic mass is 10.1. The normalized spacial score (nSPS) is 27.4. The Bertz CT molecular complexity index is 401. The van der Waals surface area contributed by atoms with E-state index in [0.29, 0.717) is 6.04 Å². The molecule has 2 aliphatic rings. The van der Waals surface area contributed by atoms with E-state index in [4.69, 9.17) is 10.7 Å². The minimum atomic E-state index is 0.671. The fraction of sp³-hybridized carbons (Fsp3) is 0.769. The maximum absolute atomic E-state index is 5.53. The highest BCUT2D eigenvalue weighted by atomic mass is 32.1. The van der Waals surface area contributed by atoms with Gasteiger partial charge in [0.05, 0.1) is 10.7 Å². The largest absolute Gasteiger partial charge is 0.330 e. The molecule has 3 heterocycles. The second kappa shape index (κ2) is 4.67. The lowest BCUT2D eigenvalue weighted by Crippen LogP contribution is -2.33. The Morgan fingerprint density at radius 1 is 1.41 bits per heavy atom. The zero-order chi connectivity index (χ0) is 11.8. The molecular formula is C13H21N3S. The van der Waals surface area contributed by atoms with E-state index >= 15 is 0 Å². The van der Waals surface area contributed by atoms with Crippen LogP contribution in [-0.4, -0.2) is 29.5 Å². The second-order valence-corrected chi connectivity index (χ2v) is 6.40. The van der Waals surface area contributed by atoms with Crippen LogP contribution in [0.1, 0.15) is 47.3 Å². The Balaban J connectivity index is 1.76. The van der Waals surface area contributed by atoms with Crippen molar-refractivity contribution in [3.63, 3.8) is 0 Å². The van der Waals surface area contributed by atoms with Crippen LogP contribution in [-0.2, 0) is 12.8 Å². The summed E-state index contributed by atoms with van der Waals surface area (Å²) in [5.41, 5.74) is 6.94. The van der Waals surface area contributed by atoms with Crippen molar-refractivity contribution in [2.45, 2.75) is 50.6 Å². The van der Waals surface area contributed by atoms with Gasteiger partial charge in [-0.25, -0.2) is 4.98 Å². The fourth-order valence-corrected chi connectivity index (χ4v) is 4.47. The van der Waals surface area contributed by atoms with E-state index in [1.807, 2.05) is 11.3 Å². The Labute approximate surface area is 107 Å². The first-order valence-electron chi connectivity index (χ1n) is 6.70. The van der Waals surface area contributed by atoms with Gasteiger partial charge in [0.15, 0.2) is 0 Å². The number of fused-ring (bicyclic) bond motifs is 4. The number of hydrogen-bond donors (Lipinski definition) is 1. The van der Waals surface area contributed by atoms with Crippen LogP contribution >= 0.6 is 11.3 Å². The number of rotatable bonds is 4. The Morgan fingerprint density at radius 2 is 2.29 bits per heavy atom. The molecule has 1 fully saturated rings. The van der Waals surface area contributed by atoms with Crippen molar-refractivity contribution >= 4 is 11.3 Å². The molecule has 0 aliphatic carbocycles. The number of nitrogens with zero attached hydrogens (tertiary/aromatic N) is 2. The molecule has 2 bridgehead atoms. The van der Waals surface area contributed by atoms with Gasteiger partial charge in [-0.3, -0.25) is 4.90 Å². The van der Waals surface area contributed by atoms with Crippen molar-refractivity contribution in [2.75, 3.05) is 13.6 Å². The summed E-state index contributed by atoms with van der Waals surface area (Å²) in [7, 11) is 2.28. The molecular weight excluding hydrogens is 230 g/mol. The van der Waals surface area contributed by atoms with Crippen LogP contribution in [0.5, 0.6) is 0 Å². The summed E-state index contributed by atoms with van der Waals surface area (Å²) < 4.78 is 0. The Kier molecular flexibility index (Phi) is 3.19. The molecule has 0 amide bonds. The molecule has 2 unspecified atom stereocenters. The fourth-order valence-electron chi connectivity index (χ4n) is 3.15. The molecule has 3 rings (SSSR count). The summed E-state index contributed by atoms with van der Waals surface area (Å²) in [4.78, 5) is 8.97. The first-order valence-corrected chi connectivity index (χ1v) is 7.51. The van der Waals surface area contributed by atoms with Gasteiger partial charge < -0.3 is 5.73 Å². The first-order chi connectivity index (χ1) is 8.29. The van der Waals surface area contributed by atoms with E-state index < -0.39 is 0 Å². The third-order valence-corrected chi connectivity index (χ3v) is 5.45. The van der Waals surface area contributed by atoms with Crippen LogP contribution in [0.4, 0.5) is 0 Å². The van der Waals surface area contributed by atoms with E-state index in [0.717, 1.165) is 25.4 Å². The highest BCUT2D eigenvalue weighted by molar-refractivity contribution is 7.11. The van der Waals surface area contributed by atoms with Crippen molar-refractivity contribution in [1.29, 1.82) is 0 Å². The molecule has 1 saturated heterocycles. The minimum absolute atomic E-state index is 0.671. The maximum atomic E-state index is 5.53. The average molecular weight is 251 g/mol. The van der Waals surface area contributed by atoms with Crippen LogP contribution in [0, 0.1) is 0 Å². The van der Waals surface area contributed by atoms with Gasteiger partial charge in [-0.2, -0.15) is 0 Å². The lowest BCUT2D eigenvalue weighted by molar-refractivity contribution is 0.226. The minimum Gasteiger partial charge on any atom is -0.330 e. The molecule has 4 heteroatoms. The molecule has 0 saturated carbocycles. The number of hydrogen-bond acceptors (Lipinski definition) is 4. The molecule has 1 aromatic heterocycles. The second-order valence-electron chi connectivity index (χ2n) is 5.28. The molecule has 1 aromatic rings. The van der Waals surface area contributed by atoms with E-state index in [1.165, 1.54) is 36.4 Å². The van der Waals surface area contributed by atoms with Crippen LogP contribution < -0.4 is 5.73 Å². The van der Waals surface area contributed by atoms with Gasteiger partial charge in [-0.1, -0.05) is 0 Å². The standard InChI is InChI=1S/C13H21N3S/c1-16-9-5-6-11(16)13-10(8-9)15-12(17-13)4-2-3-7-14/h9,11H,2-8,14H2,1H3. The van der Waals surface area contributed by atoms with Gasteiger partial charge in [0.1, 0.15) is 0 Å². The number of unbranched alkanes of at least 4 members (excludes halogenated alkanes) is 1. The Morgan fingerprint density at radius 3 is 3.12 bits per heavy atom. The van der Waals surface area contributed by atoms with E-state index in [-0.39, 0.29) is 0 Å². The van der Waals surface area contributed by atoms with Gasteiger partial charge in [0.25, 0.3) is 0 Å². The highest BCUT2D eigenvalue weighted by Crippen LogP contribution is 2.44. The number of likely N-dealkylation sites (N-methyl/N-ethyl adjacent to an activating group) is 1. The third-order valence-electron chi connectivity index (χ3n) is 4.19. The summed E-state index contributed by atoms with van der Waals surface area (Å²) >= 11 is 1.96. The van der Waals surface area contributed by atoms with Crippen molar-refractivity contribution in [3.8, 4) is 0 Å². The maximum Gasteiger partial charge on any atom is 0.0931 e.